The zero-order chi connectivity index (χ0) is 16.1. The standard InChI is InChI=1S/C17H18N4OS/c1-21-14(9-11-20-21)8-5-10-18-16(22)17-19-12-15(23-17)13-6-3-2-4-7-13/h2-4,6-7,9,11-12H,5,8,10H2,1H3,(H,18,22). The summed E-state index contributed by atoms with van der Waals surface area (Å²) in [6.45, 7) is 0.629. The number of hydrogen-bond donors (Lipinski definition) is 1. The van der Waals surface area contributed by atoms with Crippen LogP contribution < -0.4 is 5.32 Å². The van der Waals surface area contributed by atoms with Crippen molar-refractivity contribution in [3.05, 3.63) is 59.5 Å². The van der Waals surface area contributed by atoms with Crippen molar-refractivity contribution in [3.63, 3.8) is 0 Å². The van der Waals surface area contributed by atoms with Crippen molar-refractivity contribution < 1.29 is 4.79 Å². The monoisotopic (exact) mass is 326 g/mol. The normalized spacial score (nSPS) is 10.7. The first-order valence-corrected chi connectivity index (χ1v) is 8.32. The molecule has 0 atom stereocenters. The van der Waals surface area contributed by atoms with Gasteiger partial charge in [0.25, 0.3) is 5.91 Å². The lowest BCUT2D eigenvalue weighted by molar-refractivity contribution is 0.0953. The van der Waals surface area contributed by atoms with Crippen molar-refractivity contribution in [2.24, 2.45) is 7.05 Å². The molecule has 5 nitrogen and oxygen atoms in total. The molecule has 3 rings (SSSR count). The summed E-state index contributed by atoms with van der Waals surface area (Å²) in [6, 6.07) is 12.0. The molecule has 0 spiro atoms. The quantitative estimate of drug-likeness (QED) is 0.709. The molecule has 0 aliphatic heterocycles. The minimum atomic E-state index is -0.109. The number of carbonyl (C=O) groups excluding carboxylic acids is 1. The molecule has 3 aromatic rings. The van der Waals surface area contributed by atoms with Gasteiger partial charge in [-0.15, -0.1) is 11.3 Å². The average molecular weight is 326 g/mol. The van der Waals surface area contributed by atoms with E-state index in [0.29, 0.717) is 11.6 Å². The van der Waals surface area contributed by atoms with Crippen molar-refractivity contribution in [1.82, 2.24) is 20.1 Å². The highest BCUT2D eigenvalue weighted by atomic mass is 32.1. The van der Waals surface area contributed by atoms with E-state index in [4.69, 9.17) is 0 Å². The second kappa shape index (κ2) is 7.19. The van der Waals surface area contributed by atoms with Crippen molar-refractivity contribution in [1.29, 1.82) is 0 Å². The maximum Gasteiger partial charge on any atom is 0.280 e. The lowest BCUT2D eigenvalue weighted by atomic mass is 10.2. The first kappa shape index (κ1) is 15.4. The van der Waals surface area contributed by atoms with Crippen LogP contribution in [-0.2, 0) is 13.5 Å². The Kier molecular flexibility index (Phi) is 4.83. The zero-order valence-electron chi connectivity index (χ0n) is 12.9. The molecule has 0 aliphatic rings. The average Bonchev–Trinajstić information content (AvgIpc) is 3.22. The fourth-order valence-corrected chi connectivity index (χ4v) is 3.15. The summed E-state index contributed by atoms with van der Waals surface area (Å²) < 4.78 is 1.86. The molecule has 0 fully saturated rings. The molecular formula is C17H18N4OS. The maximum absolute atomic E-state index is 12.1. The van der Waals surface area contributed by atoms with Crippen LogP contribution in [-0.4, -0.2) is 27.2 Å². The highest BCUT2D eigenvalue weighted by molar-refractivity contribution is 7.16. The molecule has 0 saturated heterocycles. The molecule has 1 aromatic carbocycles. The van der Waals surface area contributed by atoms with Gasteiger partial charge in [0.15, 0.2) is 5.01 Å². The van der Waals surface area contributed by atoms with Crippen LogP contribution in [0.2, 0.25) is 0 Å². The van der Waals surface area contributed by atoms with E-state index in [-0.39, 0.29) is 5.91 Å². The molecule has 1 amide bonds. The minimum absolute atomic E-state index is 0.109. The molecule has 0 radical (unpaired) electrons. The minimum Gasteiger partial charge on any atom is -0.350 e. The lowest BCUT2D eigenvalue weighted by Gasteiger charge is -2.03. The molecule has 0 unspecified atom stereocenters. The SMILES string of the molecule is Cn1nccc1CCCNC(=O)c1ncc(-c2ccccc2)s1. The Morgan fingerprint density at radius 3 is 2.83 bits per heavy atom. The highest BCUT2D eigenvalue weighted by Gasteiger charge is 2.11. The van der Waals surface area contributed by atoms with Crippen LogP contribution in [0.1, 0.15) is 21.9 Å². The van der Waals surface area contributed by atoms with Gasteiger partial charge in [0.1, 0.15) is 0 Å². The van der Waals surface area contributed by atoms with E-state index < -0.39 is 0 Å². The third-order valence-corrected chi connectivity index (χ3v) is 4.62. The van der Waals surface area contributed by atoms with Crippen LogP contribution in [0.4, 0.5) is 0 Å². The van der Waals surface area contributed by atoms with Gasteiger partial charge in [-0.3, -0.25) is 9.48 Å². The maximum atomic E-state index is 12.1. The second-order valence-corrected chi connectivity index (χ2v) is 6.23. The third kappa shape index (κ3) is 3.84. The van der Waals surface area contributed by atoms with Crippen molar-refractivity contribution in [2.45, 2.75) is 12.8 Å². The molecule has 6 heteroatoms. The number of amides is 1. The third-order valence-electron chi connectivity index (χ3n) is 3.58. The van der Waals surface area contributed by atoms with E-state index in [1.165, 1.54) is 17.0 Å². The number of rotatable bonds is 6. The number of hydrogen-bond acceptors (Lipinski definition) is 4. The van der Waals surface area contributed by atoms with Gasteiger partial charge in [-0.2, -0.15) is 5.10 Å². The van der Waals surface area contributed by atoms with Gasteiger partial charge in [0.05, 0.1) is 4.88 Å². The highest BCUT2D eigenvalue weighted by Crippen LogP contribution is 2.25. The number of nitrogens with one attached hydrogen (secondary N) is 1. The summed E-state index contributed by atoms with van der Waals surface area (Å²) >= 11 is 1.42. The van der Waals surface area contributed by atoms with E-state index in [0.717, 1.165) is 23.3 Å². The van der Waals surface area contributed by atoms with E-state index in [1.54, 1.807) is 12.4 Å². The molecule has 23 heavy (non-hydrogen) atoms. The van der Waals surface area contributed by atoms with Gasteiger partial charge in [0.2, 0.25) is 0 Å². The molecule has 0 bridgehead atoms. The lowest BCUT2D eigenvalue weighted by Crippen LogP contribution is -2.24. The summed E-state index contributed by atoms with van der Waals surface area (Å²) in [6.07, 6.45) is 5.31. The van der Waals surface area contributed by atoms with E-state index in [1.807, 2.05) is 48.1 Å². The fourth-order valence-electron chi connectivity index (χ4n) is 2.31. The fraction of sp³-hybridized carbons (Fsp3) is 0.235. The molecule has 1 N–H and O–H groups in total. The summed E-state index contributed by atoms with van der Waals surface area (Å²) in [5.41, 5.74) is 2.25. The Balaban J connectivity index is 1.51. The summed E-state index contributed by atoms with van der Waals surface area (Å²) in [5.74, 6) is -0.109. The summed E-state index contributed by atoms with van der Waals surface area (Å²) in [4.78, 5) is 17.4. The first-order chi connectivity index (χ1) is 11.2. The number of nitrogens with zero attached hydrogens (tertiary/aromatic N) is 3. The number of benzene rings is 1. The Labute approximate surface area is 139 Å². The summed E-state index contributed by atoms with van der Waals surface area (Å²) in [7, 11) is 1.93. The predicted molar refractivity (Wildman–Crippen MR) is 91.4 cm³/mol. The van der Waals surface area contributed by atoms with Gasteiger partial charge in [-0.05, 0) is 24.5 Å². The van der Waals surface area contributed by atoms with Crippen molar-refractivity contribution >= 4 is 17.2 Å². The van der Waals surface area contributed by atoms with E-state index in [2.05, 4.69) is 15.4 Å². The van der Waals surface area contributed by atoms with Crippen LogP contribution in [0.5, 0.6) is 0 Å². The van der Waals surface area contributed by atoms with Gasteiger partial charge < -0.3 is 5.32 Å². The number of aromatic nitrogens is 3. The van der Waals surface area contributed by atoms with Crippen molar-refractivity contribution in [3.8, 4) is 10.4 Å². The van der Waals surface area contributed by atoms with Gasteiger partial charge in [-0.25, -0.2) is 4.98 Å². The van der Waals surface area contributed by atoms with E-state index in [9.17, 15) is 4.79 Å². The van der Waals surface area contributed by atoms with Gasteiger partial charge in [0, 0.05) is 31.7 Å². The summed E-state index contributed by atoms with van der Waals surface area (Å²) in [5, 5.41) is 7.56. The second-order valence-electron chi connectivity index (χ2n) is 5.20. The van der Waals surface area contributed by atoms with E-state index >= 15 is 0 Å². The van der Waals surface area contributed by atoms with Crippen molar-refractivity contribution in [2.75, 3.05) is 6.54 Å². The Bertz CT molecular complexity index is 779. The van der Waals surface area contributed by atoms with Gasteiger partial charge in [-0.1, -0.05) is 30.3 Å². The molecular weight excluding hydrogens is 308 g/mol. The van der Waals surface area contributed by atoms with Crippen LogP contribution in [0, 0.1) is 0 Å². The molecule has 2 heterocycles. The van der Waals surface area contributed by atoms with Crippen LogP contribution in [0.3, 0.4) is 0 Å². The first-order valence-electron chi connectivity index (χ1n) is 7.50. The topological polar surface area (TPSA) is 59.8 Å². The van der Waals surface area contributed by atoms with Crippen LogP contribution >= 0.6 is 11.3 Å². The number of aryl methyl sites for hydroxylation is 2. The Hall–Kier alpha value is -2.47. The molecule has 2 aromatic heterocycles. The number of thiazole rings is 1. The largest absolute Gasteiger partial charge is 0.350 e. The molecule has 0 saturated carbocycles. The Morgan fingerprint density at radius 2 is 2.09 bits per heavy atom. The number of carbonyl (C=O) groups is 1. The zero-order valence-corrected chi connectivity index (χ0v) is 13.7. The van der Waals surface area contributed by atoms with Crippen LogP contribution in [0.25, 0.3) is 10.4 Å². The predicted octanol–water partition coefficient (Wildman–Crippen LogP) is 2.91. The van der Waals surface area contributed by atoms with Crippen LogP contribution in [0.15, 0.2) is 48.8 Å². The van der Waals surface area contributed by atoms with Gasteiger partial charge >= 0.3 is 0 Å². The smallest absolute Gasteiger partial charge is 0.280 e. The Morgan fingerprint density at radius 1 is 1.26 bits per heavy atom. The molecule has 118 valence electrons. The molecule has 0 aliphatic carbocycles.